The monoisotopic (exact) mass is 616 g/mol. The van der Waals surface area contributed by atoms with Gasteiger partial charge in [0.1, 0.15) is 19.3 Å². The highest BCUT2D eigenvalue weighted by atomic mass is 16.6. The highest BCUT2D eigenvalue weighted by Crippen LogP contribution is 2.13. The van der Waals surface area contributed by atoms with Crippen LogP contribution >= 0.6 is 0 Å². The molecule has 0 fully saturated rings. The molecule has 0 aromatic carbocycles. The molecule has 1 unspecified atom stereocenters. The fraction of sp³-hybridized carbons (Fsp3) is 0.684. The van der Waals surface area contributed by atoms with Crippen LogP contribution in [0.3, 0.4) is 0 Å². The number of hydrogen-bond donors (Lipinski definition) is 2. The highest BCUT2D eigenvalue weighted by Gasteiger charge is 2.12. The first-order valence-electron chi connectivity index (χ1n) is 17.3. The molecule has 0 rings (SSSR count). The lowest BCUT2D eigenvalue weighted by Gasteiger charge is -2.12. The third kappa shape index (κ3) is 32.5. The summed E-state index contributed by atoms with van der Waals surface area (Å²) in [5.74, 6) is 0.0368. The first-order valence-corrected chi connectivity index (χ1v) is 17.3. The van der Waals surface area contributed by atoms with Crippen molar-refractivity contribution in [3.8, 4) is 0 Å². The summed E-state index contributed by atoms with van der Waals surface area (Å²) in [5.41, 5.74) is 0. The predicted molar refractivity (Wildman–Crippen MR) is 183 cm³/mol. The molecule has 0 aliphatic heterocycles. The molecule has 6 heteroatoms. The molecule has 44 heavy (non-hydrogen) atoms. The second-order valence-corrected chi connectivity index (χ2v) is 11.9. The molecule has 0 heterocycles. The van der Waals surface area contributed by atoms with Gasteiger partial charge in [-0.15, -0.1) is 0 Å². The number of rotatable bonds is 29. The van der Waals surface area contributed by atoms with Crippen LogP contribution in [-0.4, -0.2) is 47.6 Å². The van der Waals surface area contributed by atoms with Gasteiger partial charge in [0, 0.05) is 12.8 Å². The van der Waals surface area contributed by atoms with Gasteiger partial charge in [0.25, 0.3) is 0 Å². The number of unbranched alkanes of at least 4 members (excludes halogenated alkanes) is 8. The van der Waals surface area contributed by atoms with Gasteiger partial charge in [0.15, 0.2) is 0 Å². The summed E-state index contributed by atoms with van der Waals surface area (Å²) in [5, 5.41) is 20.0. The Morgan fingerprint density at radius 2 is 1.07 bits per heavy atom. The first-order chi connectivity index (χ1) is 21.3. The van der Waals surface area contributed by atoms with Gasteiger partial charge >= 0.3 is 11.9 Å². The lowest BCUT2D eigenvalue weighted by molar-refractivity contribution is -0.152. The van der Waals surface area contributed by atoms with Gasteiger partial charge in [-0.25, -0.2) is 0 Å². The average molecular weight is 617 g/mol. The highest BCUT2D eigenvalue weighted by molar-refractivity contribution is 5.69. The molecular weight excluding hydrogens is 552 g/mol. The van der Waals surface area contributed by atoms with Crippen molar-refractivity contribution in [2.75, 3.05) is 13.2 Å². The van der Waals surface area contributed by atoms with Crippen molar-refractivity contribution in [3.63, 3.8) is 0 Å². The van der Waals surface area contributed by atoms with Crippen LogP contribution in [0.15, 0.2) is 60.8 Å². The third-order valence-corrected chi connectivity index (χ3v) is 7.05. The Balaban J connectivity index is 3.70. The van der Waals surface area contributed by atoms with Crippen LogP contribution in [-0.2, 0) is 19.1 Å². The number of esters is 2. The van der Waals surface area contributed by atoms with Gasteiger partial charge in [-0.1, -0.05) is 139 Å². The van der Waals surface area contributed by atoms with Crippen LogP contribution in [0.5, 0.6) is 0 Å². The van der Waals surface area contributed by atoms with E-state index in [1.807, 2.05) is 18.2 Å². The van der Waals surface area contributed by atoms with E-state index in [0.29, 0.717) is 19.3 Å². The Bertz CT molecular complexity index is 823. The van der Waals surface area contributed by atoms with Crippen LogP contribution in [0.4, 0.5) is 0 Å². The van der Waals surface area contributed by atoms with E-state index < -0.39 is 18.2 Å². The van der Waals surface area contributed by atoms with E-state index in [4.69, 9.17) is 9.47 Å². The predicted octanol–water partition coefficient (Wildman–Crippen LogP) is 9.27. The van der Waals surface area contributed by atoms with Crippen molar-refractivity contribution in [2.45, 2.75) is 149 Å². The van der Waals surface area contributed by atoms with Crippen molar-refractivity contribution < 1.29 is 29.3 Å². The molecule has 0 bridgehead atoms. The number of hydrogen-bond acceptors (Lipinski definition) is 6. The van der Waals surface area contributed by atoms with E-state index in [2.05, 4.69) is 57.2 Å². The molecule has 0 aliphatic carbocycles. The Labute approximate surface area is 269 Å². The normalized spacial score (nSPS) is 13.8. The minimum absolute atomic E-state index is 0.152. The molecule has 0 aromatic rings. The number of aliphatic hydroxyl groups excluding tert-OH is 2. The zero-order valence-corrected chi connectivity index (χ0v) is 28.2. The molecule has 2 atom stereocenters. The van der Waals surface area contributed by atoms with E-state index in [-0.39, 0.29) is 25.6 Å². The minimum Gasteiger partial charge on any atom is -0.463 e. The number of aliphatic hydroxyl groups is 2. The van der Waals surface area contributed by atoms with Gasteiger partial charge in [-0.05, 0) is 50.9 Å². The Morgan fingerprint density at radius 1 is 0.591 bits per heavy atom. The van der Waals surface area contributed by atoms with E-state index in [0.717, 1.165) is 50.9 Å². The summed E-state index contributed by atoms with van der Waals surface area (Å²) in [7, 11) is 0. The maximum atomic E-state index is 11.9. The summed E-state index contributed by atoms with van der Waals surface area (Å²) < 4.78 is 10.2. The largest absolute Gasteiger partial charge is 0.463 e. The maximum absolute atomic E-state index is 11.9. The molecule has 0 saturated carbocycles. The summed E-state index contributed by atoms with van der Waals surface area (Å²) in [6.45, 7) is 6.30. The molecular formula is C38H64O6. The molecule has 0 amide bonds. The third-order valence-electron chi connectivity index (χ3n) is 7.05. The first kappa shape index (κ1) is 41.6. The standard InChI is InChI=1S/C38H64O6/c1-4-5-6-7-8-9-10-11-12-15-18-21-24-28-35(39)29-26-31-38(42)44-33-36(40)32-43-37(41)30-25-22-19-16-13-14-17-20-23-27-34(2)3/h5-6,8-9,11-12,18,21,24,28,34-36,39-40H,4,7,10,13-17,19-20,22-23,25-27,29-33H2,1-3H3/b6-5-,9-8-,12-11-,21-18-,28-24+/t35?,36-/m1/s1. The zero-order chi connectivity index (χ0) is 32.5. The van der Waals surface area contributed by atoms with E-state index in [9.17, 15) is 19.8 Å². The molecule has 0 radical (unpaired) electrons. The molecule has 252 valence electrons. The Kier molecular flexibility index (Phi) is 30.2. The quantitative estimate of drug-likeness (QED) is 0.0377. The Morgan fingerprint density at radius 3 is 1.61 bits per heavy atom. The summed E-state index contributed by atoms with van der Waals surface area (Å²) >= 11 is 0. The van der Waals surface area contributed by atoms with E-state index in [1.54, 1.807) is 6.08 Å². The number of carbonyl (C=O) groups excluding carboxylic acids is 2. The maximum Gasteiger partial charge on any atom is 0.305 e. The molecule has 0 aromatic heterocycles. The van der Waals surface area contributed by atoms with Crippen molar-refractivity contribution in [1.29, 1.82) is 0 Å². The average Bonchev–Trinajstić information content (AvgIpc) is 2.99. The molecule has 6 nitrogen and oxygen atoms in total. The van der Waals surface area contributed by atoms with Crippen LogP contribution in [0, 0.1) is 5.92 Å². The van der Waals surface area contributed by atoms with Gasteiger partial charge < -0.3 is 19.7 Å². The van der Waals surface area contributed by atoms with Gasteiger partial charge in [-0.3, -0.25) is 9.59 Å². The molecule has 0 aliphatic rings. The van der Waals surface area contributed by atoms with E-state index in [1.165, 1.54) is 44.9 Å². The van der Waals surface area contributed by atoms with Crippen LogP contribution in [0.1, 0.15) is 136 Å². The van der Waals surface area contributed by atoms with E-state index >= 15 is 0 Å². The van der Waals surface area contributed by atoms with Crippen LogP contribution in [0.2, 0.25) is 0 Å². The number of carbonyl (C=O) groups is 2. The van der Waals surface area contributed by atoms with Crippen molar-refractivity contribution in [1.82, 2.24) is 0 Å². The Hall–Kier alpha value is -2.44. The van der Waals surface area contributed by atoms with Gasteiger partial charge in [0.2, 0.25) is 0 Å². The smallest absolute Gasteiger partial charge is 0.305 e. The van der Waals surface area contributed by atoms with Crippen molar-refractivity contribution in [2.24, 2.45) is 5.92 Å². The molecule has 2 N–H and O–H groups in total. The number of allylic oxidation sites excluding steroid dienone is 9. The second-order valence-electron chi connectivity index (χ2n) is 11.9. The lowest BCUT2D eigenvalue weighted by atomic mass is 10.0. The van der Waals surface area contributed by atoms with Crippen molar-refractivity contribution in [3.05, 3.63) is 60.8 Å². The molecule has 0 saturated heterocycles. The lowest BCUT2D eigenvalue weighted by Crippen LogP contribution is -2.25. The minimum atomic E-state index is -1.04. The summed E-state index contributed by atoms with van der Waals surface area (Å²) in [6, 6.07) is 0. The fourth-order valence-electron chi connectivity index (χ4n) is 4.41. The summed E-state index contributed by atoms with van der Waals surface area (Å²) in [6.07, 6.45) is 36.0. The van der Waals surface area contributed by atoms with Gasteiger partial charge in [-0.2, -0.15) is 0 Å². The number of ether oxygens (including phenoxy) is 2. The van der Waals surface area contributed by atoms with Gasteiger partial charge in [0.05, 0.1) is 6.10 Å². The fourth-order valence-corrected chi connectivity index (χ4v) is 4.41. The topological polar surface area (TPSA) is 93.1 Å². The van der Waals surface area contributed by atoms with Crippen LogP contribution in [0.25, 0.3) is 0 Å². The zero-order valence-electron chi connectivity index (χ0n) is 28.2. The second kappa shape index (κ2) is 32.0. The van der Waals surface area contributed by atoms with Crippen LogP contribution < -0.4 is 0 Å². The molecule has 0 spiro atoms. The summed E-state index contributed by atoms with van der Waals surface area (Å²) in [4.78, 5) is 23.8. The van der Waals surface area contributed by atoms with Crippen molar-refractivity contribution >= 4 is 11.9 Å². The SMILES string of the molecule is CC/C=C\C/C=C\C/C=C\C/C=C\C=C\C(O)CCCC(=O)OC[C@H](O)COC(=O)CCCCCCCCCCCC(C)C.